The molecule has 1 amide bonds. The van der Waals surface area contributed by atoms with Crippen LogP contribution < -0.4 is 10.6 Å². The Balaban J connectivity index is 1.59. The molecule has 1 aromatic carbocycles. The largest absolute Gasteiger partial charge is 0.351 e. The van der Waals surface area contributed by atoms with Crippen molar-refractivity contribution in [1.29, 1.82) is 0 Å². The van der Waals surface area contributed by atoms with Gasteiger partial charge in [-0.3, -0.25) is 9.78 Å². The van der Waals surface area contributed by atoms with Crippen molar-refractivity contribution >= 4 is 5.91 Å². The molecule has 0 spiro atoms. The van der Waals surface area contributed by atoms with E-state index >= 15 is 0 Å². The van der Waals surface area contributed by atoms with Crippen molar-refractivity contribution in [3.05, 3.63) is 65.5 Å². The van der Waals surface area contributed by atoms with Crippen LogP contribution in [0.15, 0.2) is 48.8 Å². The van der Waals surface area contributed by atoms with Gasteiger partial charge in [-0.25, -0.2) is 0 Å². The molecule has 1 aliphatic rings. The summed E-state index contributed by atoms with van der Waals surface area (Å²) in [6.07, 6.45) is 4.24. The van der Waals surface area contributed by atoms with Crippen molar-refractivity contribution in [1.82, 2.24) is 15.6 Å². The molecular weight excluding hydrogens is 250 g/mol. The first-order chi connectivity index (χ1) is 9.83. The standard InChI is InChI=1S/C16H17N3O/c20-16(19-10-12-4-3-7-17-9-12)15-8-13-5-1-2-6-14(13)11-18-15/h1-7,9,15,18H,8,10-11H2,(H,19,20). The molecule has 2 N–H and O–H groups in total. The van der Waals surface area contributed by atoms with Crippen molar-refractivity contribution in [2.24, 2.45) is 0 Å². The average Bonchev–Trinajstić information content (AvgIpc) is 2.53. The second kappa shape index (κ2) is 5.84. The zero-order valence-corrected chi connectivity index (χ0v) is 11.2. The van der Waals surface area contributed by atoms with Gasteiger partial charge in [-0.05, 0) is 29.2 Å². The normalized spacial score (nSPS) is 17.3. The lowest BCUT2D eigenvalue weighted by molar-refractivity contribution is -0.123. The first-order valence-corrected chi connectivity index (χ1v) is 6.80. The van der Waals surface area contributed by atoms with Gasteiger partial charge in [0.2, 0.25) is 5.91 Å². The maximum Gasteiger partial charge on any atom is 0.237 e. The Morgan fingerprint density at radius 1 is 1.25 bits per heavy atom. The third-order valence-corrected chi connectivity index (χ3v) is 3.59. The van der Waals surface area contributed by atoms with E-state index in [-0.39, 0.29) is 11.9 Å². The minimum absolute atomic E-state index is 0.0448. The molecule has 4 nitrogen and oxygen atoms in total. The highest BCUT2D eigenvalue weighted by Gasteiger charge is 2.23. The topological polar surface area (TPSA) is 54.0 Å². The van der Waals surface area contributed by atoms with Gasteiger partial charge in [-0.15, -0.1) is 0 Å². The highest BCUT2D eigenvalue weighted by molar-refractivity contribution is 5.82. The maximum absolute atomic E-state index is 12.2. The van der Waals surface area contributed by atoms with Crippen LogP contribution in [0.2, 0.25) is 0 Å². The second-order valence-electron chi connectivity index (χ2n) is 4.99. The lowest BCUT2D eigenvalue weighted by Gasteiger charge is -2.25. The van der Waals surface area contributed by atoms with Gasteiger partial charge in [0.05, 0.1) is 6.04 Å². The van der Waals surface area contributed by atoms with E-state index in [0.29, 0.717) is 6.54 Å². The Bertz CT molecular complexity index is 598. The summed E-state index contributed by atoms with van der Waals surface area (Å²) in [5, 5.41) is 6.24. The number of pyridine rings is 1. The number of fused-ring (bicyclic) bond motifs is 1. The molecule has 2 heterocycles. The van der Waals surface area contributed by atoms with Gasteiger partial charge in [0, 0.05) is 25.5 Å². The fourth-order valence-electron chi connectivity index (χ4n) is 2.45. The summed E-state index contributed by atoms with van der Waals surface area (Å²) >= 11 is 0. The van der Waals surface area contributed by atoms with Crippen molar-refractivity contribution in [3.8, 4) is 0 Å². The molecule has 1 aliphatic heterocycles. The smallest absolute Gasteiger partial charge is 0.237 e. The molecule has 20 heavy (non-hydrogen) atoms. The van der Waals surface area contributed by atoms with E-state index in [1.54, 1.807) is 12.4 Å². The molecule has 0 saturated heterocycles. The SMILES string of the molecule is O=C(NCc1cccnc1)C1Cc2ccccc2CN1. The fourth-order valence-corrected chi connectivity index (χ4v) is 2.45. The first-order valence-electron chi connectivity index (χ1n) is 6.80. The lowest BCUT2D eigenvalue weighted by Crippen LogP contribution is -2.47. The van der Waals surface area contributed by atoms with Crippen molar-refractivity contribution in [2.75, 3.05) is 0 Å². The molecular formula is C16H17N3O. The molecule has 1 atom stereocenters. The van der Waals surface area contributed by atoms with Gasteiger partial charge in [-0.1, -0.05) is 30.3 Å². The summed E-state index contributed by atoms with van der Waals surface area (Å²) < 4.78 is 0. The van der Waals surface area contributed by atoms with Crippen LogP contribution in [0.25, 0.3) is 0 Å². The zero-order chi connectivity index (χ0) is 13.8. The van der Waals surface area contributed by atoms with Gasteiger partial charge in [0.1, 0.15) is 0 Å². The number of nitrogens with one attached hydrogen (secondary N) is 2. The van der Waals surface area contributed by atoms with E-state index in [1.165, 1.54) is 11.1 Å². The summed E-state index contributed by atoms with van der Waals surface area (Å²) in [6.45, 7) is 1.27. The Labute approximate surface area is 118 Å². The quantitative estimate of drug-likeness (QED) is 0.884. The number of nitrogens with zero attached hydrogens (tertiary/aromatic N) is 1. The second-order valence-corrected chi connectivity index (χ2v) is 4.99. The van der Waals surface area contributed by atoms with Crippen LogP contribution in [0.1, 0.15) is 16.7 Å². The van der Waals surface area contributed by atoms with Crippen LogP contribution in [0.4, 0.5) is 0 Å². The van der Waals surface area contributed by atoms with Gasteiger partial charge in [0.15, 0.2) is 0 Å². The number of hydrogen-bond donors (Lipinski definition) is 2. The number of aromatic nitrogens is 1. The highest BCUT2D eigenvalue weighted by atomic mass is 16.2. The van der Waals surface area contributed by atoms with Crippen LogP contribution >= 0.6 is 0 Å². The maximum atomic E-state index is 12.2. The average molecular weight is 267 g/mol. The van der Waals surface area contributed by atoms with Gasteiger partial charge >= 0.3 is 0 Å². The molecule has 2 aromatic rings. The fraction of sp³-hybridized carbons (Fsp3) is 0.250. The van der Waals surface area contributed by atoms with E-state index < -0.39 is 0 Å². The first kappa shape index (κ1) is 12.8. The predicted molar refractivity (Wildman–Crippen MR) is 76.9 cm³/mol. The monoisotopic (exact) mass is 267 g/mol. The van der Waals surface area contributed by atoms with Crippen LogP contribution in [-0.2, 0) is 24.3 Å². The van der Waals surface area contributed by atoms with E-state index in [0.717, 1.165) is 18.5 Å². The van der Waals surface area contributed by atoms with Gasteiger partial charge in [0.25, 0.3) is 0 Å². The number of hydrogen-bond acceptors (Lipinski definition) is 3. The molecule has 3 rings (SSSR count). The summed E-state index contributed by atoms with van der Waals surface area (Å²) in [5.74, 6) is 0.0448. The van der Waals surface area contributed by atoms with E-state index in [9.17, 15) is 4.79 Å². The highest BCUT2D eigenvalue weighted by Crippen LogP contribution is 2.16. The van der Waals surface area contributed by atoms with Crippen LogP contribution in [0.5, 0.6) is 0 Å². The van der Waals surface area contributed by atoms with Gasteiger partial charge < -0.3 is 10.6 Å². The summed E-state index contributed by atoms with van der Waals surface area (Å²) in [6, 6.07) is 11.9. The van der Waals surface area contributed by atoms with Crippen LogP contribution in [-0.4, -0.2) is 16.9 Å². The number of amides is 1. The molecule has 0 radical (unpaired) electrons. The summed E-state index contributed by atoms with van der Waals surface area (Å²) in [7, 11) is 0. The minimum Gasteiger partial charge on any atom is -0.351 e. The van der Waals surface area contributed by atoms with Crippen molar-refractivity contribution in [3.63, 3.8) is 0 Å². The molecule has 0 bridgehead atoms. The molecule has 1 aromatic heterocycles. The van der Waals surface area contributed by atoms with Gasteiger partial charge in [-0.2, -0.15) is 0 Å². The predicted octanol–water partition coefficient (Wildman–Crippen LogP) is 1.41. The zero-order valence-electron chi connectivity index (χ0n) is 11.2. The Kier molecular flexibility index (Phi) is 3.74. The summed E-state index contributed by atoms with van der Waals surface area (Å²) in [4.78, 5) is 16.2. The summed E-state index contributed by atoms with van der Waals surface area (Å²) in [5.41, 5.74) is 3.55. The van der Waals surface area contributed by atoms with Crippen LogP contribution in [0.3, 0.4) is 0 Å². The molecule has 0 fully saturated rings. The lowest BCUT2D eigenvalue weighted by atomic mass is 9.95. The Hall–Kier alpha value is -2.20. The number of benzene rings is 1. The minimum atomic E-state index is -0.151. The van der Waals surface area contributed by atoms with Crippen LogP contribution in [0, 0.1) is 0 Å². The third kappa shape index (κ3) is 2.86. The Morgan fingerprint density at radius 2 is 2.10 bits per heavy atom. The van der Waals surface area contributed by atoms with E-state index in [1.807, 2.05) is 24.3 Å². The number of carbonyl (C=O) groups excluding carboxylic acids is 1. The number of carbonyl (C=O) groups is 1. The van der Waals surface area contributed by atoms with E-state index in [4.69, 9.17) is 0 Å². The van der Waals surface area contributed by atoms with E-state index in [2.05, 4.69) is 27.8 Å². The Morgan fingerprint density at radius 3 is 2.90 bits per heavy atom. The number of rotatable bonds is 3. The molecule has 0 aliphatic carbocycles. The third-order valence-electron chi connectivity index (χ3n) is 3.59. The molecule has 102 valence electrons. The van der Waals surface area contributed by atoms with Crippen molar-refractivity contribution in [2.45, 2.75) is 25.6 Å². The van der Waals surface area contributed by atoms with Crippen molar-refractivity contribution < 1.29 is 4.79 Å². The molecule has 4 heteroatoms. The molecule has 1 unspecified atom stereocenters. The molecule has 0 saturated carbocycles.